The van der Waals surface area contributed by atoms with Gasteiger partial charge in [-0.25, -0.2) is 4.39 Å². The second kappa shape index (κ2) is 5.80. The van der Waals surface area contributed by atoms with Gasteiger partial charge in [-0.2, -0.15) is 5.10 Å². The molecule has 96 valence electrons. The molecule has 1 heterocycles. The van der Waals surface area contributed by atoms with Gasteiger partial charge in [0.2, 0.25) is 0 Å². The van der Waals surface area contributed by atoms with E-state index in [-0.39, 0.29) is 12.1 Å². The third kappa shape index (κ3) is 3.18. The summed E-state index contributed by atoms with van der Waals surface area (Å²) in [6.07, 6.45) is 1.46. The smallest absolute Gasteiger partial charge is 0.273 e. The van der Waals surface area contributed by atoms with Crippen LogP contribution in [0.4, 0.5) is 10.1 Å². The Kier molecular flexibility index (Phi) is 3.90. The minimum atomic E-state index is -0.511. The minimum absolute atomic E-state index is 0.164. The van der Waals surface area contributed by atoms with Gasteiger partial charge in [0.25, 0.3) is 5.91 Å². The maximum absolute atomic E-state index is 13.7. The number of anilines is 1. The van der Waals surface area contributed by atoms with E-state index in [1.54, 1.807) is 6.07 Å². The van der Waals surface area contributed by atoms with Gasteiger partial charge in [0.05, 0.1) is 12.1 Å². The van der Waals surface area contributed by atoms with Gasteiger partial charge in [-0.1, -0.05) is 11.8 Å². The highest BCUT2D eigenvalue weighted by Crippen LogP contribution is 2.14. The molecule has 1 amide bonds. The molecule has 0 unspecified atom stereocenters. The molecule has 0 saturated heterocycles. The van der Waals surface area contributed by atoms with Gasteiger partial charge in [-0.3, -0.25) is 9.89 Å². The second-order valence-corrected chi connectivity index (χ2v) is 3.62. The predicted octanol–water partition coefficient (Wildman–Crippen LogP) is 1.11. The molecule has 19 heavy (non-hydrogen) atoms. The molecular weight excluding hydrogens is 247 g/mol. The number of H-pyrrole nitrogens is 1. The number of benzene rings is 1. The van der Waals surface area contributed by atoms with Gasteiger partial charge < -0.3 is 11.1 Å². The first kappa shape index (κ1) is 12.8. The fourth-order valence-electron chi connectivity index (χ4n) is 1.42. The van der Waals surface area contributed by atoms with Crippen molar-refractivity contribution in [3.05, 3.63) is 47.5 Å². The van der Waals surface area contributed by atoms with Crippen LogP contribution in [0.25, 0.3) is 0 Å². The van der Waals surface area contributed by atoms with Crippen LogP contribution in [0.2, 0.25) is 0 Å². The summed E-state index contributed by atoms with van der Waals surface area (Å²) in [7, 11) is 0. The van der Waals surface area contributed by atoms with Crippen LogP contribution >= 0.6 is 0 Å². The second-order valence-electron chi connectivity index (χ2n) is 3.62. The number of hydrogen-bond acceptors (Lipinski definition) is 3. The van der Waals surface area contributed by atoms with Crippen molar-refractivity contribution in [1.82, 2.24) is 10.2 Å². The van der Waals surface area contributed by atoms with Crippen molar-refractivity contribution in [2.24, 2.45) is 5.73 Å². The lowest BCUT2D eigenvalue weighted by atomic mass is 10.2. The largest absolute Gasteiger partial charge is 0.321 e. The Labute approximate surface area is 109 Å². The van der Waals surface area contributed by atoms with Gasteiger partial charge in [0, 0.05) is 11.9 Å². The topological polar surface area (TPSA) is 83.8 Å². The van der Waals surface area contributed by atoms with Gasteiger partial charge in [0.1, 0.15) is 11.5 Å². The molecule has 1 aromatic heterocycles. The summed E-state index contributed by atoms with van der Waals surface area (Å²) in [5.41, 5.74) is 6.10. The Morgan fingerprint density at radius 1 is 1.47 bits per heavy atom. The SMILES string of the molecule is NCC#Cc1ccc(NC(=O)c2ccn[nH]2)cc1F. The van der Waals surface area contributed by atoms with E-state index in [0.29, 0.717) is 11.4 Å². The van der Waals surface area contributed by atoms with Gasteiger partial charge >= 0.3 is 0 Å². The lowest BCUT2D eigenvalue weighted by Gasteiger charge is -2.04. The van der Waals surface area contributed by atoms with E-state index < -0.39 is 11.7 Å². The number of aromatic nitrogens is 2. The molecule has 0 aliphatic heterocycles. The van der Waals surface area contributed by atoms with E-state index in [9.17, 15) is 9.18 Å². The Bertz CT molecular complexity index is 640. The van der Waals surface area contributed by atoms with Crippen molar-refractivity contribution in [3.8, 4) is 11.8 Å². The Balaban J connectivity index is 2.14. The Morgan fingerprint density at radius 3 is 2.95 bits per heavy atom. The van der Waals surface area contributed by atoms with E-state index in [1.807, 2.05) is 0 Å². The van der Waals surface area contributed by atoms with Crippen molar-refractivity contribution in [2.45, 2.75) is 0 Å². The number of rotatable bonds is 2. The first-order chi connectivity index (χ1) is 9.20. The quantitative estimate of drug-likeness (QED) is 0.705. The average molecular weight is 258 g/mol. The third-order valence-electron chi connectivity index (χ3n) is 2.30. The van der Waals surface area contributed by atoms with Crippen molar-refractivity contribution in [3.63, 3.8) is 0 Å². The molecule has 2 aromatic rings. The summed E-state index contributed by atoms with van der Waals surface area (Å²) >= 11 is 0. The first-order valence-electron chi connectivity index (χ1n) is 5.50. The van der Waals surface area contributed by atoms with Crippen molar-refractivity contribution in [1.29, 1.82) is 0 Å². The Morgan fingerprint density at radius 2 is 2.32 bits per heavy atom. The molecule has 5 nitrogen and oxygen atoms in total. The van der Waals surface area contributed by atoms with Gasteiger partial charge in [0.15, 0.2) is 0 Å². The normalized spacial score (nSPS) is 9.58. The van der Waals surface area contributed by atoms with Crippen LogP contribution in [0, 0.1) is 17.7 Å². The minimum Gasteiger partial charge on any atom is -0.321 e. The molecule has 0 atom stereocenters. The molecule has 4 N–H and O–H groups in total. The summed E-state index contributed by atoms with van der Waals surface area (Å²) in [6, 6.07) is 5.78. The number of hydrogen-bond donors (Lipinski definition) is 3. The van der Waals surface area contributed by atoms with Crippen LogP contribution in [-0.4, -0.2) is 22.6 Å². The predicted molar refractivity (Wildman–Crippen MR) is 68.9 cm³/mol. The third-order valence-corrected chi connectivity index (χ3v) is 2.30. The molecule has 0 bridgehead atoms. The van der Waals surface area contributed by atoms with Crippen molar-refractivity contribution < 1.29 is 9.18 Å². The van der Waals surface area contributed by atoms with E-state index in [4.69, 9.17) is 5.73 Å². The van der Waals surface area contributed by atoms with E-state index in [1.165, 1.54) is 24.4 Å². The molecular formula is C13H11FN4O. The number of nitrogens with one attached hydrogen (secondary N) is 2. The Hall–Kier alpha value is -2.65. The first-order valence-corrected chi connectivity index (χ1v) is 5.50. The van der Waals surface area contributed by atoms with Gasteiger partial charge in [-0.05, 0) is 24.3 Å². The van der Waals surface area contributed by atoms with Gasteiger partial charge in [-0.15, -0.1) is 0 Å². The van der Waals surface area contributed by atoms with Crippen LogP contribution in [0.5, 0.6) is 0 Å². The fourth-order valence-corrected chi connectivity index (χ4v) is 1.42. The zero-order chi connectivity index (χ0) is 13.7. The molecule has 0 radical (unpaired) electrons. The van der Waals surface area contributed by atoms with E-state index in [2.05, 4.69) is 27.4 Å². The number of nitrogens with zero attached hydrogens (tertiary/aromatic N) is 1. The summed E-state index contributed by atoms with van der Waals surface area (Å²) in [4.78, 5) is 11.7. The maximum atomic E-state index is 13.7. The van der Waals surface area contributed by atoms with Crippen LogP contribution in [0.15, 0.2) is 30.5 Å². The number of amides is 1. The van der Waals surface area contributed by atoms with E-state index in [0.717, 1.165) is 0 Å². The maximum Gasteiger partial charge on any atom is 0.273 e. The lowest BCUT2D eigenvalue weighted by molar-refractivity contribution is 0.102. The van der Waals surface area contributed by atoms with Crippen LogP contribution < -0.4 is 11.1 Å². The number of nitrogens with two attached hydrogens (primary N) is 1. The number of carbonyl (C=O) groups is 1. The molecule has 1 aromatic carbocycles. The molecule has 0 aliphatic carbocycles. The summed E-state index contributed by atoms with van der Waals surface area (Å²) < 4.78 is 13.7. The molecule has 0 fully saturated rings. The van der Waals surface area contributed by atoms with Crippen molar-refractivity contribution in [2.75, 3.05) is 11.9 Å². The highest BCUT2D eigenvalue weighted by atomic mass is 19.1. The summed E-state index contributed by atoms with van der Waals surface area (Å²) in [5, 5.41) is 8.72. The zero-order valence-corrected chi connectivity index (χ0v) is 9.90. The highest BCUT2D eigenvalue weighted by Gasteiger charge is 2.08. The monoisotopic (exact) mass is 258 g/mol. The van der Waals surface area contributed by atoms with Crippen LogP contribution in [0.3, 0.4) is 0 Å². The molecule has 0 aliphatic rings. The van der Waals surface area contributed by atoms with E-state index >= 15 is 0 Å². The number of halogens is 1. The standard InChI is InChI=1S/C13H11FN4O/c14-11-8-10(4-3-9(11)2-1-6-15)17-13(19)12-5-7-16-18-12/h3-5,7-8H,6,15H2,(H,16,18)(H,17,19). The molecule has 0 saturated carbocycles. The van der Waals surface area contributed by atoms with Crippen LogP contribution in [0.1, 0.15) is 16.1 Å². The number of aromatic amines is 1. The zero-order valence-electron chi connectivity index (χ0n) is 9.90. The molecule has 6 heteroatoms. The molecule has 0 spiro atoms. The highest BCUT2D eigenvalue weighted by molar-refractivity contribution is 6.02. The fraction of sp³-hybridized carbons (Fsp3) is 0.0769. The van der Waals surface area contributed by atoms with Crippen molar-refractivity contribution >= 4 is 11.6 Å². The summed E-state index contributed by atoms with van der Waals surface area (Å²) in [6.45, 7) is 0.164. The lowest BCUT2D eigenvalue weighted by Crippen LogP contribution is -2.12. The number of carbonyl (C=O) groups excluding carboxylic acids is 1. The molecule has 2 rings (SSSR count). The van der Waals surface area contributed by atoms with Crippen LogP contribution in [-0.2, 0) is 0 Å². The summed E-state index contributed by atoms with van der Waals surface area (Å²) in [5.74, 6) is 4.27. The average Bonchev–Trinajstić information content (AvgIpc) is 2.92.